The third kappa shape index (κ3) is 3.33. The molecule has 0 aliphatic heterocycles. The van der Waals surface area contributed by atoms with Gasteiger partial charge < -0.3 is 11.1 Å². The van der Waals surface area contributed by atoms with Gasteiger partial charge in [-0.2, -0.15) is 5.10 Å². The first-order valence-corrected chi connectivity index (χ1v) is 7.28. The molecule has 1 aromatic rings. The highest BCUT2D eigenvalue weighted by molar-refractivity contribution is 5.85. The first kappa shape index (κ1) is 15.3. The van der Waals surface area contributed by atoms with Crippen molar-refractivity contribution in [2.45, 2.75) is 57.0 Å². The fraction of sp³-hybridized carbons (Fsp3) is 0.714. The van der Waals surface area contributed by atoms with Gasteiger partial charge in [-0.15, -0.1) is 12.4 Å². The van der Waals surface area contributed by atoms with E-state index < -0.39 is 0 Å². The second-order valence-corrected chi connectivity index (χ2v) is 5.94. The summed E-state index contributed by atoms with van der Waals surface area (Å²) in [6, 6.07) is 0.479. The van der Waals surface area contributed by atoms with Gasteiger partial charge >= 0.3 is 0 Å². The summed E-state index contributed by atoms with van der Waals surface area (Å²) in [4.78, 5) is 12.1. The number of carbonyl (C=O) groups is 1. The fourth-order valence-corrected chi connectivity index (χ4v) is 3.38. The minimum absolute atomic E-state index is 0. The molecule has 5 nitrogen and oxygen atoms in total. The molecule has 0 spiro atoms. The number of H-pyrrole nitrogens is 1. The van der Waals surface area contributed by atoms with Crippen LogP contribution in [0.15, 0.2) is 6.20 Å². The molecular weight excluding hydrogens is 276 g/mol. The number of hydrogen-bond acceptors (Lipinski definition) is 3. The van der Waals surface area contributed by atoms with Gasteiger partial charge in [0.05, 0.1) is 6.20 Å². The van der Waals surface area contributed by atoms with E-state index in [0.717, 1.165) is 32.1 Å². The Bertz CT molecular complexity index is 462. The van der Waals surface area contributed by atoms with Gasteiger partial charge in [0.1, 0.15) is 0 Å². The van der Waals surface area contributed by atoms with E-state index in [0.29, 0.717) is 12.3 Å². The van der Waals surface area contributed by atoms with Crippen LogP contribution in [0, 0.1) is 5.92 Å². The zero-order valence-electron chi connectivity index (χ0n) is 11.6. The molecule has 20 heavy (non-hydrogen) atoms. The summed E-state index contributed by atoms with van der Waals surface area (Å²) in [5.41, 5.74) is 8.49. The van der Waals surface area contributed by atoms with Crippen LogP contribution in [0.4, 0.5) is 0 Å². The van der Waals surface area contributed by atoms with Crippen molar-refractivity contribution in [3.63, 3.8) is 0 Å². The first-order chi connectivity index (χ1) is 9.22. The van der Waals surface area contributed by atoms with Gasteiger partial charge in [0.15, 0.2) is 0 Å². The van der Waals surface area contributed by atoms with Crippen LogP contribution in [0.1, 0.15) is 43.4 Å². The smallest absolute Gasteiger partial charge is 0.220 e. The molecule has 0 radical (unpaired) electrons. The fourth-order valence-electron chi connectivity index (χ4n) is 3.38. The third-order valence-corrected chi connectivity index (χ3v) is 4.55. The summed E-state index contributed by atoms with van der Waals surface area (Å²) in [5.74, 6) is 0.548. The maximum atomic E-state index is 12.1. The Labute approximate surface area is 125 Å². The van der Waals surface area contributed by atoms with Crippen molar-refractivity contribution < 1.29 is 4.79 Å². The molecule has 0 saturated heterocycles. The Morgan fingerprint density at radius 1 is 1.45 bits per heavy atom. The monoisotopic (exact) mass is 298 g/mol. The van der Waals surface area contributed by atoms with Crippen molar-refractivity contribution in [3.05, 3.63) is 17.5 Å². The van der Waals surface area contributed by atoms with Crippen LogP contribution in [0.25, 0.3) is 0 Å². The highest BCUT2D eigenvalue weighted by Gasteiger charge is 2.27. The zero-order valence-corrected chi connectivity index (χ0v) is 12.4. The topological polar surface area (TPSA) is 83.8 Å². The van der Waals surface area contributed by atoms with Crippen LogP contribution in [0.5, 0.6) is 0 Å². The summed E-state index contributed by atoms with van der Waals surface area (Å²) in [5, 5.41) is 10.2. The molecule has 1 fully saturated rings. The van der Waals surface area contributed by atoms with Crippen LogP contribution in [-0.4, -0.2) is 28.2 Å². The molecular formula is C14H23ClN4O. The van der Waals surface area contributed by atoms with Gasteiger partial charge in [-0.3, -0.25) is 9.89 Å². The predicted octanol–water partition coefficient (Wildman–Crippen LogP) is 1.32. The molecule has 1 heterocycles. The van der Waals surface area contributed by atoms with Crippen LogP contribution in [0.2, 0.25) is 0 Å². The van der Waals surface area contributed by atoms with Crippen LogP contribution >= 0.6 is 12.4 Å². The minimum Gasteiger partial charge on any atom is -0.353 e. The molecule has 1 amide bonds. The largest absolute Gasteiger partial charge is 0.353 e. The van der Waals surface area contributed by atoms with Crippen molar-refractivity contribution in [1.29, 1.82) is 0 Å². The molecule has 0 bridgehead atoms. The number of rotatable bonds is 3. The summed E-state index contributed by atoms with van der Waals surface area (Å²) in [6.45, 7) is 0. The molecule has 6 heteroatoms. The van der Waals surface area contributed by atoms with Gasteiger partial charge in [-0.05, 0) is 43.6 Å². The third-order valence-electron chi connectivity index (χ3n) is 4.55. The highest BCUT2D eigenvalue weighted by Crippen LogP contribution is 2.27. The summed E-state index contributed by atoms with van der Waals surface area (Å²) in [7, 11) is 0. The number of fused-ring (bicyclic) bond motifs is 1. The van der Waals surface area contributed by atoms with Gasteiger partial charge in [-0.1, -0.05) is 6.42 Å². The molecule has 0 aromatic carbocycles. The molecule has 1 saturated carbocycles. The average Bonchev–Trinajstić information content (AvgIpc) is 2.98. The lowest BCUT2D eigenvalue weighted by molar-refractivity contribution is -0.122. The van der Waals surface area contributed by atoms with E-state index >= 15 is 0 Å². The van der Waals surface area contributed by atoms with Crippen molar-refractivity contribution in [1.82, 2.24) is 15.5 Å². The van der Waals surface area contributed by atoms with E-state index in [4.69, 9.17) is 5.73 Å². The highest BCUT2D eigenvalue weighted by atomic mass is 35.5. The summed E-state index contributed by atoms with van der Waals surface area (Å²) >= 11 is 0. The Morgan fingerprint density at radius 3 is 3.05 bits per heavy atom. The van der Waals surface area contributed by atoms with E-state index in [9.17, 15) is 4.79 Å². The Balaban J connectivity index is 0.00000147. The van der Waals surface area contributed by atoms with Crippen molar-refractivity contribution in [2.75, 3.05) is 0 Å². The Hall–Kier alpha value is -1.07. The van der Waals surface area contributed by atoms with Crippen molar-refractivity contribution in [2.24, 2.45) is 11.7 Å². The van der Waals surface area contributed by atoms with Crippen LogP contribution in [-0.2, 0) is 17.6 Å². The quantitative estimate of drug-likeness (QED) is 0.787. The number of aromatic nitrogens is 2. The van der Waals surface area contributed by atoms with Crippen molar-refractivity contribution >= 4 is 18.3 Å². The van der Waals surface area contributed by atoms with E-state index in [2.05, 4.69) is 15.5 Å². The zero-order chi connectivity index (χ0) is 13.2. The predicted molar refractivity (Wildman–Crippen MR) is 79.7 cm³/mol. The maximum absolute atomic E-state index is 12.1. The average molecular weight is 299 g/mol. The Kier molecular flexibility index (Phi) is 5.05. The van der Waals surface area contributed by atoms with Gasteiger partial charge in [0.2, 0.25) is 5.91 Å². The molecule has 1 aromatic heterocycles. The van der Waals surface area contributed by atoms with Crippen LogP contribution < -0.4 is 11.1 Å². The van der Waals surface area contributed by atoms with E-state index in [1.807, 2.05) is 6.20 Å². The minimum atomic E-state index is 0. The van der Waals surface area contributed by atoms with Gasteiger partial charge in [0, 0.05) is 24.2 Å². The summed E-state index contributed by atoms with van der Waals surface area (Å²) < 4.78 is 0. The number of amides is 1. The maximum Gasteiger partial charge on any atom is 0.220 e. The molecule has 4 N–H and O–H groups in total. The molecule has 112 valence electrons. The SMILES string of the molecule is Cl.N[C@@H]1CCC[C@H]1CC(=O)NC1CCc2[nH]ncc2C1. The molecule has 3 rings (SSSR count). The van der Waals surface area contributed by atoms with Crippen molar-refractivity contribution in [3.8, 4) is 0 Å². The number of nitrogens with one attached hydrogen (secondary N) is 2. The second kappa shape index (κ2) is 6.59. The Morgan fingerprint density at radius 2 is 2.30 bits per heavy atom. The van der Waals surface area contributed by atoms with E-state index in [-0.39, 0.29) is 30.4 Å². The molecule has 2 aliphatic rings. The van der Waals surface area contributed by atoms with E-state index in [1.165, 1.54) is 17.7 Å². The molecule has 3 atom stereocenters. The number of halogens is 1. The number of nitrogens with two attached hydrogens (primary N) is 1. The van der Waals surface area contributed by atoms with Crippen LogP contribution in [0.3, 0.4) is 0 Å². The lowest BCUT2D eigenvalue weighted by Crippen LogP contribution is -2.40. The van der Waals surface area contributed by atoms with Gasteiger partial charge in [-0.25, -0.2) is 0 Å². The standard InChI is InChI=1S/C14H22N4O.ClH/c15-12-3-1-2-9(12)7-14(19)17-11-4-5-13-10(6-11)8-16-18-13;/h8-9,11-12H,1-7,15H2,(H,16,18)(H,17,19);1H/t9-,11?,12+;/m0./s1. The van der Waals surface area contributed by atoms with Gasteiger partial charge in [0.25, 0.3) is 0 Å². The number of hydrogen-bond donors (Lipinski definition) is 3. The lowest BCUT2D eigenvalue weighted by atomic mass is 9.93. The lowest BCUT2D eigenvalue weighted by Gasteiger charge is -2.24. The summed E-state index contributed by atoms with van der Waals surface area (Å²) in [6.07, 6.45) is 8.68. The second-order valence-electron chi connectivity index (χ2n) is 5.94. The molecule has 1 unspecified atom stereocenters. The number of aromatic amines is 1. The first-order valence-electron chi connectivity index (χ1n) is 7.28. The normalized spacial score (nSPS) is 28.6. The molecule has 2 aliphatic carbocycles. The number of aryl methyl sites for hydroxylation is 1. The number of nitrogens with zero attached hydrogens (tertiary/aromatic N) is 1. The number of carbonyl (C=O) groups excluding carboxylic acids is 1. The van der Waals surface area contributed by atoms with E-state index in [1.54, 1.807) is 0 Å².